The number of hydrogen-bond acceptors (Lipinski definition) is 5. The summed E-state index contributed by atoms with van der Waals surface area (Å²) < 4.78 is 5.94. The molecule has 3 aromatic rings. The maximum atomic E-state index is 12.6. The van der Waals surface area contributed by atoms with Crippen LogP contribution in [0.1, 0.15) is 17.5 Å². The molecule has 7 nitrogen and oxygen atoms in total. The van der Waals surface area contributed by atoms with Crippen LogP contribution in [0.15, 0.2) is 79.1 Å². The number of nitrogens with one attached hydrogen (secondary N) is 2. The second-order valence-corrected chi connectivity index (χ2v) is 8.01. The van der Waals surface area contributed by atoms with Crippen molar-refractivity contribution >= 4 is 11.8 Å². The van der Waals surface area contributed by atoms with E-state index in [1.807, 2.05) is 66.7 Å². The number of carbonyl (C=O) groups excluding carboxylic acids is 2. The zero-order valence-corrected chi connectivity index (χ0v) is 18.4. The maximum absolute atomic E-state index is 12.6. The van der Waals surface area contributed by atoms with Crippen molar-refractivity contribution in [3.63, 3.8) is 0 Å². The van der Waals surface area contributed by atoms with Crippen molar-refractivity contribution in [2.45, 2.75) is 25.4 Å². The zero-order valence-electron chi connectivity index (χ0n) is 18.4. The lowest BCUT2D eigenvalue weighted by molar-refractivity contribution is -0.134. The highest BCUT2D eigenvalue weighted by Gasteiger charge is 2.31. The number of hydrogen-bond donors (Lipinski definition) is 2. The van der Waals surface area contributed by atoms with Crippen LogP contribution < -0.4 is 15.4 Å². The van der Waals surface area contributed by atoms with Gasteiger partial charge in [0.1, 0.15) is 11.5 Å². The van der Waals surface area contributed by atoms with Gasteiger partial charge in [0.15, 0.2) is 0 Å². The monoisotopic (exact) mass is 444 g/mol. The number of amides is 2. The molecular weight excluding hydrogens is 416 g/mol. The first-order valence-electron chi connectivity index (χ1n) is 11.2. The molecule has 1 fully saturated rings. The minimum Gasteiger partial charge on any atom is -0.457 e. The summed E-state index contributed by atoms with van der Waals surface area (Å²) in [7, 11) is 0. The lowest BCUT2D eigenvalue weighted by Crippen LogP contribution is -2.56. The summed E-state index contributed by atoms with van der Waals surface area (Å²) in [5.41, 5.74) is 2.09. The van der Waals surface area contributed by atoms with E-state index in [0.717, 1.165) is 22.6 Å². The number of aromatic nitrogens is 1. The van der Waals surface area contributed by atoms with Crippen molar-refractivity contribution in [3.8, 4) is 11.5 Å². The van der Waals surface area contributed by atoms with E-state index < -0.39 is 6.04 Å². The van der Waals surface area contributed by atoms with E-state index >= 15 is 0 Å². The molecule has 0 spiro atoms. The summed E-state index contributed by atoms with van der Waals surface area (Å²) in [6.45, 7) is 2.33. The van der Waals surface area contributed by atoms with Crippen LogP contribution in [0.2, 0.25) is 0 Å². The van der Waals surface area contributed by atoms with Crippen LogP contribution in [0.4, 0.5) is 0 Å². The smallest absolute Gasteiger partial charge is 0.237 e. The number of ether oxygens (including phenoxy) is 1. The van der Waals surface area contributed by atoms with Crippen LogP contribution in [0, 0.1) is 0 Å². The number of para-hydroxylation sites is 1. The Labute approximate surface area is 193 Å². The second-order valence-electron chi connectivity index (χ2n) is 8.01. The third kappa shape index (κ3) is 6.63. The average molecular weight is 445 g/mol. The molecule has 1 unspecified atom stereocenters. The van der Waals surface area contributed by atoms with Crippen molar-refractivity contribution in [3.05, 3.63) is 90.3 Å². The Balaban J connectivity index is 1.34. The van der Waals surface area contributed by atoms with Gasteiger partial charge in [-0.05, 0) is 47.9 Å². The summed E-state index contributed by atoms with van der Waals surface area (Å²) in [6, 6.07) is 20.8. The Hall–Kier alpha value is -3.71. The van der Waals surface area contributed by atoms with Crippen LogP contribution in [0.25, 0.3) is 0 Å². The molecule has 33 heavy (non-hydrogen) atoms. The fourth-order valence-corrected chi connectivity index (χ4v) is 3.88. The van der Waals surface area contributed by atoms with Gasteiger partial charge in [-0.3, -0.25) is 19.5 Å². The van der Waals surface area contributed by atoms with Gasteiger partial charge in [-0.25, -0.2) is 0 Å². The molecule has 1 aliphatic rings. The van der Waals surface area contributed by atoms with Crippen LogP contribution in [0.3, 0.4) is 0 Å². The molecule has 2 amide bonds. The minimum atomic E-state index is -0.504. The topological polar surface area (TPSA) is 83.6 Å². The summed E-state index contributed by atoms with van der Waals surface area (Å²) in [4.78, 5) is 31.3. The summed E-state index contributed by atoms with van der Waals surface area (Å²) in [5.74, 6) is 1.27. The van der Waals surface area contributed by atoms with Crippen LogP contribution >= 0.6 is 0 Å². The predicted molar refractivity (Wildman–Crippen MR) is 126 cm³/mol. The first kappa shape index (κ1) is 22.5. The van der Waals surface area contributed by atoms with Crippen molar-refractivity contribution in [2.24, 2.45) is 0 Å². The van der Waals surface area contributed by atoms with Gasteiger partial charge < -0.3 is 15.4 Å². The van der Waals surface area contributed by atoms with Gasteiger partial charge in [-0.15, -0.1) is 0 Å². The highest BCUT2D eigenvalue weighted by atomic mass is 16.5. The first-order chi connectivity index (χ1) is 16.2. The van der Waals surface area contributed by atoms with Gasteiger partial charge in [0.2, 0.25) is 11.8 Å². The molecule has 0 bridgehead atoms. The summed E-state index contributed by atoms with van der Waals surface area (Å²) >= 11 is 0. The standard InChI is InChI=1S/C26H28N4O3/c31-25(28-13-11-20-7-5-12-27-18-20)17-24-26(32)29-14-15-30(24)19-21-6-4-10-23(16-21)33-22-8-2-1-3-9-22/h1-10,12,16,18,24H,11,13-15,17,19H2,(H,28,31)(H,29,32). The van der Waals surface area contributed by atoms with Crippen LogP contribution in [-0.2, 0) is 22.6 Å². The van der Waals surface area contributed by atoms with Gasteiger partial charge >= 0.3 is 0 Å². The maximum Gasteiger partial charge on any atom is 0.237 e. The molecule has 0 saturated carbocycles. The van der Waals surface area contributed by atoms with Crippen LogP contribution in [0.5, 0.6) is 11.5 Å². The summed E-state index contributed by atoms with van der Waals surface area (Å²) in [6.07, 6.45) is 4.34. The molecular formula is C26H28N4O3. The molecule has 1 saturated heterocycles. The minimum absolute atomic E-state index is 0.111. The lowest BCUT2D eigenvalue weighted by atomic mass is 10.1. The van der Waals surface area contributed by atoms with Gasteiger partial charge in [0, 0.05) is 38.6 Å². The van der Waals surface area contributed by atoms with Crippen molar-refractivity contribution < 1.29 is 14.3 Å². The van der Waals surface area contributed by atoms with E-state index in [2.05, 4.69) is 20.5 Å². The van der Waals surface area contributed by atoms with E-state index in [0.29, 0.717) is 32.6 Å². The largest absolute Gasteiger partial charge is 0.457 e. The molecule has 2 heterocycles. The lowest BCUT2D eigenvalue weighted by Gasteiger charge is -2.34. The molecule has 170 valence electrons. The molecule has 1 aromatic heterocycles. The molecule has 0 radical (unpaired) electrons. The number of benzene rings is 2. The Morgan fingerprint density at radius 3 is 2.70 bits per heavy atom. The fraction of sp³-hybridized carbons (Fsp3) is 0.269. The second kappa shape index (κ2) is 11.2. The van der Waals surface area contributed by atoms with Gasteiger partial charge in [-0.1, -0.05) is 36.4 Å². The third-order valence-corrected chi connectivity index (χ3v) is 5.54. The molecule has 1 atom stereocenters. The Morgan fingerprint density at radius 2 is 1.88 bits per heavy atom. The Morgan fingerprint density at radius 1 is 1.06 bits per heavy atom. The van der Waals surface area contributed by atoms with E-state index in [9.17, 15) is 9.59 Å². The van der Waals surface area contributed by atoms with E-state index in [-0.39, 0.29) is 18.2 Å². The third-order valence-electron chi connectivity index (χ3n) is 5.54. The molecule has 1 aliphatic heterocycles. The summed E-state index contributed by atoms with van der Waals surface area (Å²) in [5, 5.41) is 5.81. The van der Waals surface area contributed by atoms with Crippen LogP contribution in [-0.4, -0.2) is 47.4 Å². The van der Waals surface area contributed by atoms with Crippen molar-refractivity contribution in [1.82, 2.24) is 20.5 Å². The Kier molecular flexibility index (Phi) is 7.66. The van der Waals surface area contributed by atoms with Crippen molar-refractivity contribution in [1.29, 1.82) is 0 Å². The normalized spacial score (nSPS) is 16.1. The zero-order chi connectivity index (χ0) is 22.9. The van der Waals surface area contributed by atoms with Gasteiger partial charge in [0.05, 0.1) is 12.5 Å². The average Bonchev–Trinajstić information content (AvgIpc) is 2.83. The van der Waals surface area contributed by atoms with Gasteiger partial charge in [0.25, 0.3) is 0 Å². The number of piperazine rings is 1. The highest BCUT2D eigenvalue weighted by Crippen LogP contribution is 2.23. The van der Waals surface area contributed by atoms with E-state index in [4.69, 9.17) is 4.74 Å². The van der Waals surface area contributed by atoms with Crippen molar-refractivity contribution in [2.75, 3.05) is 19.6 Å². The highest BCUT2D eigenvalue weighted by molar-refractivity contribution is 5.88. The van der Waals surface area contributed by atoms with Gasteiger partial charge in [-0.2, -0.15) is 0 Å². The Bertz CT molecular complexity index is 1060. The molecule has 2 aromatic carbocycles. The van der Waals surface area contributed by atoms with E-state index in [1.54, 1.807) is 12.4 Å². The number of rotatable bonds is 9. The number of nitrogens with zero attached hydrogens (tertiary/aromatic N) is 2. The van der Waals surface area contributed by atoms with E-state index in [1.165, 1.54) is 0 Å². The number of carbonyl (C=O) groups is 2. The molecule has 7 heteroatoms. The molecule has 0 aliphatic carbocycles. The first-order valence-corrected chi connectivity index (χ1v) is 11.2. The number of pyridine rings is 1. The SMILES string of the molecule is O=C(CC1C(=O)NCCN1Cc1cccc(Oc2ccccc2)c1)NCCc1cccnc1. The fourth-order valence-electron chi connectivity index (χ4n) is 3.88. The molecule has 4 rings (SSSR count). The predicted octanol–water partition coefficient (Wildman–Crippen LogP) is 2.92. The quantitative estimate of drug-likeness (QED) is 0.530. The molecule has 2 N–H and O–H groups in total.